The van der Waals surface area contributed by atoms with E-state index in [2.05, 4.69) is 4.72 Å². The Labute approximate surface area is 86.8 Å². The molecule has 0 rings (SSSR count). The summed E-state index contributed by atoms with van der Waals surface area (Å²) in [4.78, 5) is 0. The Morgan fingerprint density at radius 2 is 1.86 bits per heavy atom. The first-order valence-electron chi connectivity index (χ1n) is 4.76. The molecule has 0 aromatic heterocycles. The number of nitrogens with zero attached hydrogens (tertiary/aromatic N) is 1. The molecule has 1 unspecified atom stereocenters. The molecule has 0 saturated heterocycles. The van der Waals surface area contributed by atoms with Crippen molar-refractivity contribution < 1.29 is 8.42 Å². The van der Waals surface area contributed by atoms with Crippen LogP contribution < -0.4 is 10.5 Å². The van der Waals surface area contributed by atoms with Crippen LogP contribution in [0.2, 0.25) is 0 Å². The van der Waals surface area contributed by atoms with Crippen LogP contribution in [0.5, 0.6) is 0 Å². The molecule has 0 amide bonds. The zero-order valence-electron chi connectivity index (χ0n) is 9.32. The van der Waals surface area contributed by atoms with Crippen molar-refractivity contribution in [1.29, 1.82) is 0 Å². The molecule has 3 N–H and O–H groups in total. The first-order chi connectivity index (χ1) is 6.31. The Kier molecular flexibility index (Phi) is 5.58. The standard InChI is InChI=1S/C8H21N3O2S/c1-7(2)11(4)14(12,13)10-8(3)5-6-9/h7-8,10H,5-6,9H2,1-4H3. The smallest absolute Gasteiger partial charge is 0.279 e. The van der Waals surface area contributed by atoms with Gasteiger partial charge in [0.05, 0.1) is 0 Å². The van der Waals surface area contributed by atoms with Gasteiger partial charge in [0.15, 0.2) is 0 Å². The normalized spacial score (nSPS) is 15.1. The summed E-state index contributed by atoms with van der Waals surface area (Å²) in [6.45, 7) is 5.94. The fraction of sp³-hybridized carbons (Fsp3) is 1.00. The number of rotatable bonds is 6. The Balaban J connectivity index is 4.34. The third-order valence-corrected chi connectivity index (χ3v) is 3.94. The van der Waals surface area contributed by atoms with E-state index >= 15 is 0 Å². The molecule has 14 heavy (non-hydrogen) atoms. The van der Waals surface area contributed by atoms with Gasteiger partial charge in [-0.05, 0) is 33.7 Å². The van der Waals surface area contributed by atoms with Gasteiger partial charge in [0.1, 0.15) is 0 Å². The predicted octanol–water partition coefficient (Wildman–Crippen LogP) is -0.102. The third kappa shape index (κ3) is 4.36. The van der Waals surface area contributed by atoms with E-state index in [0.29, 0.717) is 13.0 Å². The summed E-state index contributed by atoms with van der Waals surface area (Å²) in [6, 6.07) is -0.163. The maximum Gasteiger partial charge on any atom is 0.279 e. The Hall–Kier alpha value is -0.170. The summed E-state index contributed by atoms with van der Waals surface area (Å²) < 4.78 is 27.1. The molecule has 0 radical (unpaired) electrons. The second kappa shape index (κ2) is 5.65. The molecule has 0 aliphatic rings. The molecule has 86 valence electrons. The second-order valence-electron chi connectivity index (χ2n) is 3.71. The van der Waals surface area contributed by atoms with Crippen LogP contribution in [0, 0.1) is 0 Å². The highest BCUT2D eigenvalue weighted by Crippen LogP contribution is 2.02. The molecular formula is C8H21N3O2S. The van der Waals surface area contributed by atoms with Crippen molar-refractivity contribution >= 4 is 10.2 Å². The van der Waals surface area contributed by atoms with Crippen molar-refractivity contribution in [2.75, 3.05) is 13.6 Å². The van der Waals surface area contributed by atoms with Crippen molar-refractivity contribution in [3.8, 4) is 0 Å². The van der Waals surface area contributed by atoms with Gasteiger partial charge in [0.25, 0.3) is 10.2 Å². The molecule has 0 heterocycles. The van der Waals surface area contributed by atoms with Gasteiger partial charge in [-0.2, -0.15) is 17.4 Å². The molecule has 0 aliphatic heterocycles. The number of hydrogen-bond acceptors (Lipinski definition) is 3. The van der Waals surface area contributed by atoms with Crippen LogP contribution in [0.25, 0.3) is 0 Å². The van der Waals surface area contributed by atoms with Crippen molar-refractivity contribution in [3.63, 3.8) is 0 Å². The van der Waals surface area contributed by atoms with E-state index in [1.54, 1.807) is 14.0 Å². The molecule has 5 nitrogen and oxygen atoms in total. The molecule has 0 saturated carbocycles. The number of hydrogen-bond donors (Lipinski definition) is 2. The summed E-state index contributed by atoms with van der Waals surface area (Å²) in [5, 5.41) is 0. The molecule has 0 aromatic carbocycles. The average Bonchev–Trinajstić information content (AvgIpc) is 2.02. The monoisotopic (exact) mass is 223 g/mol. The van der Waals surface area contributed by atoms with Crippen molar-refractivity contribution in [2.24, 2.45) is 5.73 Å². The lowest BCUT2D eigenvalue weighted by Crippen LogP contribution is -2.45. The largest absolute Gasteiger partial charge is 0.330 e. The van der Waals surface area contributed by atoms with Crippen LogP contribution >= 0.6 is 0 Å². The molecule has 6 heteroatoms. The van der Waals surface area contributed by atoms with Crippen LogP contribution in [0.4, 0.5) is 0 Å². The highest BCUT2D eigenvalue weighted by Gasteiger charge is 2.21. The zero-order valence-corrected chi connectivity index (χ0v) is 10.1. The summed E-state index contributed by atoms with van der Waals surface area (Å²) in [5.74, 6) is 0. The van der Waals surface area contributed by atoms with Crippen molar-refractivity contribution in [1.82, 2.24) is 9.03 Å². The summed E-state index contributed by atoms with van der Waals surface area (Å²) >= 11 is 0. The minimum absolute atomic E-state index is 0.0439. The Morgan fingerprint density at radius 1 is 1.36 bits per heavy atom. The number of nitrogens with one attached hydrogen (secondary N) is 1. The minimum atomic E-state index is -3.35. The molecule has 0 aromatic rings. The fourth-order valence-electron chi connectivity index (χ4n) is 0.924. The lowest BCUT2D eigenvalue weighted by molar-refractivity contribution is 0.396. The van der Waals surface area contributed by atoms with Crippen LogP contribution in [-0.4, -0.2) is 38.4 Å². The van der Waals surface area contributed by atoms with E-state index in [4.69, 9.17) is 5.73 Å². The molecule has 0 spiro atoms. The van der Waals surface area contributed by atoms with E-state index in [0.717, 1.165) is 0 Å². The van der Waals surface area contributed by atoms with Gasteiger partial charge < -0.3 is 5.73 Å². The fourth-order valence-corrected chi connectivity index (χ4v) is 2.27. The second-order valence-corrected chi connectivity index (χ2v) is 5.47. The SMILES string of the molecule is CC(CCN)NS(=O)(=O)N(C)C(C)C. The van der Waals surface area contributed by atoms with Crippen LogP contribution in [-0.2, 0) is 10.2 Å². The van der Waals surface area contributed by atoms with Crippen LogP contribution in [0.15, 0.2) is 0 Å². The first-order valence-corrected chi connectivity index (χ1v) is 6.20. The van der Waals surface area contributed by atoms with E-state index < -0.39 is 10.2 Å². The van der Waals surface area contributed by atoms with Crippen molar-refractivity contribution in [3.05, 3.63) is 0 Å². The highest BCUT2D eigenvalue weighted by molar-refractivity contribution is 7.87. The maximum absolute atomic E-state index is 11.6. The third-order valence-electron chi connectivity index (χ3n) is 2.06. The summed E-state index contributed by atoms with van der Waals surface area (Å²) in [7, 11) is -1.80. The summed E-state index contributed by atoms with van der Waals surface area (Å²) in [5.41, 5.74) is 5.34. The highest BCUT2D eigenvalue weighted by atomic mass is 32.2. The maximum atomic E-state index is 11.6. The molecular weight excluding hydrogens is 202 g/mol. The predicted molar refractivity (Wildman–Crippen MR) is 58.1 cm³/mol. The minimum Gasteiger partial charge on any atom is -0.330 e. The van der Waals surface area contributed by atoms with Crippen molar-refractivity contribution in [2.45, 2.75) is 39.3 Å². The first kappa shape index (κ1) is 13.8. The van der Waals surface area contributed by atoms with Gasteiger partial charge in [-0.3, -0.25) is 0 Å². The zero-order chi connectivity index (χ0) is 11.4. The summed E-state index contributed by atoms with van der Waals surface area (Å²) in [6.07, 6.45) is 0.644. The van der Waals surface area contributed by atoms with Crippen LogP contribution in [0.1, 0.15) is 27.2 Å². The average molecular weight is 223 g/mol. The quantitative estimate of drug-likeness (QED) is 0.660. The molecule has 0 bridgehead atoms. The Bertz CT molecular complexity index is 251. The van der Waals surface area contributed by atoms with Crippen LogP contribution in [0.3, 0.4) is 0 Å². The topological polar surface area (TPSA) is 75.4 Å². The van der Waals surface area contributed by atoms with Gasteiger partial charge in [-0.25, -0.2) is 0 Å². The molecule has 0 aliphatic carbocycles. The van der Waals surface area contributed by atoms with Gasteiger partial charge in [-0.1, -0.05) is 0 Å². The molecule has 0 fully saturated rings. The lowest BCUT2D eigenvalue weighted by Gasteiger charge is -2.23. The van der Waals surface area contributed by atoms with Gasteiger partial charge in [0, 0.05) is 19.1 Å². The van der Waals surface area contributed by atoms with E-state index in [1.807, 2.05) is 13.8 Å². The van der Waals surface area contributed by atoms with E-state index in [1.165, 1.54) is 4.31 Å². The van der Waals surface area contributed by atoms with E-state index in [9.17, 15) is 8.42 Å². The van der Waals surface area contributed by atoms with E-state index in [-0.39, 0.29) is 12.1 Å². The lowest BCUT2D eigenvalue weighted by atomic mass is 10.3. The van der Waals surface area contributed by atoms with Gasteiger partial charge in [0.2, 0.25) is 0 Å². The van der Waals surface area contributed by atoms with Gasteiger partial charge >= 0.3 is 0 Å². The number of nitrogens with two attached hydrogens (primary N) is 1. The Morgan fingerprint density at radius 3 is 2.21 bits per heavy atom. The molecule has 1 atom stereocenters. The van der Waals surface area contributed by atoms with Gasteiger partial charge in [-0.15, -0.1) is 0 Å².